The van der Waals surface area contributed by atoms with Gasteiger partial charge in [0.15, 0.2) is 0 Å². The summed E-state index contributed by atoms with van der Waals surface area (Å²) in [5.74, 6) is 0.547. The zero-order valence-electron chi connectivity index (χ0n) is 29.7. The van der Waals surface area contributed by atoms with E-state index in [0.29, 0.717) is 0 Å². The molecule has 2 radical (unpaired) electrons. The molecule has 0 fully saturated rings. The minimum atomic E-state index is -0.839. The van der Waals surface area contributed by atoms with Crippen LogP contribution in [0, 0.1) is 0 Å². The van der Waals surface area contributed by atoms with Crippen LogP contribution in [0.1, 0.15) is 144 Å². The van der Waals surface area contributed by atoms with Crippen LogP contribution in [0.15, 0.2) is 48.5 Å². The number of hydrogen-bond donors (Lipinski definition) is 2. The number of benzene rings is 2. The molecule has 0 aliphatic heterocycles. The van der Waals surface area contributed by atoms with Gasteiger partial charge in [0.2, 0.25) is 0 Å². The van der Waals surface area contributed by atoms with E-state index in [1.165, 1.54) is 77.0 Å². The molecular weight excluding hydrogens is 738 g/mol. The van der Waals surface area contributed by atoms with Gasteiger partial charge in [-0.3, -0.25) is 0 Å². The van der Waals surface area contributed by atoms with E-state index in [-0.39, 0.29) is 16.9 Å². The summed E-state index contributed by atoms with van der Waals surface area (Å²) in [4.78, 5) is 0. The van der Waals surface area contributed by atoms with Gasteiger partial charge in [0.25, 0.3) is 0 Å². The Kier molecular flexibility index (Phi) is 27.7. The number of rotatable bonds is 20. The third-order valence-electron chi connectivity index (χ3n) is 8.48. The van der Waals surface area contributed by atoms with Gasteiger partial charge >= 0.3 is 185 Å². The van der Waals surface area contributed by atoms with Gasteiger partial charge in [-0.15, -0.1) is 0 Å². The van der Waals surface area contributed by atoms with E-state index in [2.05, 4.69) is 55.4 Å². The summed E-state index contributed by atoms with van der Waals surface area (Å²) in [7, 11) is 0. The predicted octanol–water partition coefficient (Wildman–Crippen LogP) is 13.2. The molecule has 2 aromatic carbocycles. The molecule has 0 amide bonds. The molecule has 0 bridgehead atoms. The van der Waals surface area contributed by atoms with Crippen LogP contribution >= 0.6 is 0 Å². The molecule has 4 heteroatoms. The first-order chi connectivity index (χ1) is 20.7. The van der Waals surface area contributed by atoms with Crippen molar-refractivity contribution in [3.8, 4) is 11.5 Å². The topological polar surface area (TPSA) is 40.5 Å². The van der Waals surface area contributed by atoms with E-state index >= 15 is 0 Å². The van der Waals surface area contributed by atoms with Crippen LogP contribution in [0.3, 0.4) is 0 Å². The zero-order chi connectivity index (χ0) is 32.3. The Labute approximate surface area is 283 Å². The molecule has 0 aliphatic carbocycles. The van der Waals surface area contributed by atoms with Gasteiger partial charge in [0.1, 0.15) is 11.5 Å². The molecule has 0 aliphatic rings. The summed E-state index contributed by atoms with van der Waals surface area (Å²) >= 11 is -1.68. The first-order valence-electron chi connectivity index (χ1n) is 18.0. The molecule has 246 valence electrons. The molecule has 0 unspecified atom stereocenters. The van der Waals surface area contributed by atoms with Crippen molar-refractivity contribution in [2.75, 3.05) is 0 Å². The molecule has 43 heavy (non-hydrogen) atoms. The molecule has 2 N–H and O–H groups in total. The van der Waals surface area contributed by atoms with Crippen molar-refractivity contribution in [1.29, 1.82) is 0 Å². The molecule has 0 heterocycles. The molecular formula is C39H70O2Sn2. The van der Waals surface area contributed by atoms with Crippen LogP contribution in [0.25, 0.3) is 0 Å². The summed E-state index contributed by atoms with van der Waals surface area (Å²) in [6.45, 7) is 18.2. The fraction of sp³-hybridized carbons (Fsp3) is 0.692. The summed E-state index contributed by atoms with van der Waals surface area (Å²) in [6, 6.07) is 14.4. The maximum absolute atomic E-state index is 9.30. The van der Waals surface area contributed by atoms with Crippen molar-refractivity contribution in [2.45, 2.75) is 164 Å². The third kappa shape index (κ3) is 21.1. The molecule has 0 saturated heterocycles. The van der Waals surface area contributed by atoms with Gasteiger partial charge in [0, 0.05) is 5.41 Å². The maximum atomic E-state index is 9.30. The Morgan fingerprint density at radius 1 is 0.419 bits per heavy atom. The Morgan fingerprint density at radius 2 is 0.628 bits per heavy atom. The molecule has 0 atom stereocenters. The van der Waals surface area contributed by atoms with Crippen molar-refractivity contribution in [1.82, 2.24) is 0 Å². The van der Waals surface area contributed by atoms with Gasteiger partial charge in [-0.25, -0.2) is 0 Å². The SMILES string of the molecule is CC(C)(c1ccc(O)cc1)c1ccc(O)cc1.CCC[CH2][Sn]([CH2]CCC)[CH2]CCC.CCC[CH2][Sn]([CH2]CCC)[CH2]CCC. The summed E-state index contributed by atoms with van der Waals surface area (Å²) in [5, 5.41) is 18.6. The van der Waals surface area contributed by atoms with Crippen LogP contribution in [0.4, 0.5) is 0 Å². The third-order valence-corrected chi connectivity index (χ3v) is 26.6. The van der Waals surface area contributed by atoms with Crippen LogP contribution in [-0.2, 0) is 5.41 Å². The second-order valence-electron chi connectivity index (χ2n) is 12.8. The van der Waals surface area contributed by atoms with E-state index in [1.807, 2.05) is 24.3 Å². The zero-order valence-corrected chi connectivity index (χ0v) is 35.4. The van der Waals surface area contributed by atoms with Crippen LogP contribution < -0.4 is 0 Å². The van der Waals surface area contributed by atoms with Gasteiger partial charge in [-0.1, -0.05) is 38.1 Å². The average Bonchev–Trinajstić information content (AvgIpc) is 3.01. The Hall–Kier alpha value is -0.363. The van der Waals surface area contributed by atoms with Crippen molar-refractivity contribution in [3.63, 3.8) is 0 Å². The number of unbranched alkanes of at least 4 members (excludes halogenated alkanes) is 6. The number of phenolic OH excluding ortho intramolecular Hbond substituents is 2. The van der Waals surface area contributed by atoms with Crippen LogP contribution in [0.2, 0.25) is 26.6 Å². The second-order valence-corrected chi connectivity index (χ2v) is 30.0. The van der Waals surface area contributed by atoms with E-state index in [0.717, 1.165) is 11.1 Å². The monoisotopic (exact) mass is 810 g/mol. The fourth-order valence-corrected chi connectivity index (χ4v) is 24.1. The van der Waals surface area contributed by atoms with Gasteiger partial charge in [-0.05, 0) is 35.4 Å². The van der Waals surface area contributed by atoms with Gasteiger partial charge in [-0.2, -0.15) is 0 Å². The Bertz CT molecular complexity index is 754. The molecule has 0 aromatic heterocycles. The molecule has 0 saturated carbocycles. The van der Waals surface area contributed by atoms with Gasteiger partial charge in [0.05, 0.1) is 0 Å². The van der Waals surface area contributed by atoms with E-state index < -0.39 is 39.5 Å². The summed E-state index contributed by atoms with van der Waals surface area (Å²) in [6.07, 6.45) is 17.7. The van der Waals surface area contributed by atoms with Crippen molar-refractivity contribution < 1.29 is 10.2 Å². The van der Waals surface area contributed by atoms with Crippen LogP contribution in [-0.4, -0.2) is 49.7 Å². The van der Waals surface area contributed by atoms with Crippen LogP contribution in [0.5, 0.6) is 11.5 Å². The Morgan fingerprint density at radius 3 is 0.814 bits per heavy atom. The molecule has 2 rings (SSSR count). The second kappa shape index (κ2) is 27.9. The standard InChI is InChI=1S/C15H16O2.6C4H9.2Sn/c1-15(2,11-3-7-13(16)8-4-11)12-5-9-14(17)10-6-12;6*1-3-4-2;;/h3-10,16-17H,1-2H3;6*1,3-4H2,2H3;;. The molecule has 2 aromatic rings. The summed E-state index contributed by atoms with van der Waals surface area (Å²) in [5.41, 5.74) is 2.10. The van der Waals surface area contributed by atoms with Crippen molar-refractivity contribution >= 4 is 39.5 Å². The Balaban J connectivity index is 0.000000627. The van der Waals surface area contributed by atoms with E-state index in [9.17, 15) is 10.2 Å². The fourth-order valence-electron chi connectivity index (χ4n) is 5.23. The van der Waals surface area contributed by atoms with Crippen molar-refractivity contribution in [2.24, 2.45) is 0 Å². The van der Waals surface area contributed by atoms with E-state index in [1.54, 1.807) is 50.9 Å². The number of aromatic hydroxyl groups is 2. The summed E-state index contributed by atoms with van der Waals surface area (Å²) < 4.78 is 10.1. The minimum absolute atomic E-state index is 0.151. The predicted molar refractivity (Wildman–Crippen MR) is 198 cm³/mol. The number of phenols is 2. The first-order valence-corrected chi connectivity index (χ1v) is 30.1. The normalized spacial score (nSPS) is 11.2. The van der Waals surface area contributed by atoms with Gasteiger partial charge < -0.3 is 10.2 Å². The van der Waals surface area contributed by atoms with Crippen molar-refractivity contribution in [3.05, 3.63) is 59.7 Å². The van der Waals surface area contributed by atoms with E-state index in [4.69, 9.17) is 0 Å². The number of hydrogen-bond acceptors (Lipinski definition) is 2. The molecule has 2 nitrogen and oxygen atoms in total. The molecule has 0 spiro atoms. The quantitative estimate of drug-likeness (QED) is 0.131. The first kappa shape index (κ1) is 42.6. The average molecular weight is 808 g/mol.